The van der Waals surface area contributed by atoms with E-state index in [9.17, 15) is 9.90 Å². The fraction of sp³-hybridized carbons (Fsp3) is 0.591. The molecule has 0 radical (unpaired) electrons. The molecule has 0 aliphatic rings. The number of aldehydes is 1. The average Bonchev–Trinajstić information content (AvgIpc) is 2.62. The van der Waals surface area contributed by atoms with Crippen LogP contribution < -0.4 is 0 Å². The minimum Gasteiger partial charge on any atom is -0.381 e. The first-order chi connectivity index (χ1) is 12.3. The van der Waals surface area contributed by atoms with E-state index in [0.29, 0.717) is 12.8 Å². The van der Waals surface area contributed by atoms with Gasteiger partial charge in [0.05, 0.1) is 0 Å². The Morgan fingerprint density at radius 3 is 1.73 bits per heavy atom. The number of rotatable bonds is 8. The number of hydrogen-bond donors (Lipinski definition) is 3. The molecule has 3 N–H and O–H groups in total. The lowest BCUT2D eigenvalue weighted by Crippen LogP contribution is -2.03. The topological polar surface area (TPSA) is 77.8 Å². The Kier molecular flexibility index (Phi) is 28.3. The van der Waals surface area contributed by atoms with Crippen LogP contribution in [0.3, 0.4) is 0 Å². The van der Waals surface area contributed by atoms with Gasteiger partial charge in [-0.15, -0.1) is 6.42 Å². The molecule has 148 valence electrons. The number of hydrogen-bond acceptors (Lipinski definition) is 4. The van der Waals surface area contributed by atoms with Gasteiger partial charge in [0.25, 0.3) is 0 Å². The van der Waals surface area contributed by atoms with E-state index in [4.69, 9.17) is 10.2 Å². The Balaban J connectivity index is -0.000000346. The molecule has 0 fully saturated rings. The summed E-state index contributed by atoms with van der Waals surface area (Å²) in [6.07, 6.45) is 17.1. The molecular formula is C22H36O4. The molecule has 4 nitrogen and oxygen atoms in total. The maximum Gasteiger partial charge on any atom is 0.120 e. The Hall–Kier alpha value is -1.85. The van der Waals surface area contributed by atoms with Gasteiger partial charge in [-0.05, 0) is 46.0 Å². The van der Waals surface area contributed by atoms with Crippen LogP contribution >= 0.6 is 0 Å². The Labute approximate surface area is 160 Å². The first kappa shape index (κ1) is 28.9. The predicted octanol–water partition coefficient (Wildman–Crippen LogP) is 3.41. The van der Waals surface area contributed by atoms with Crippen molar-refractivity contribution in [1.29, 1.82) is 0 Å². The van der Waals surface area contributed by atoms with E-state index >= 15 is 0 Å². The lowest BCUT2D eigenvalue weighted by atomic mass is 10.2. The van der Waals surface area contributed by atoms with Gasteiger partial charge in [0.15, 0.2) is 0 Å². The van der Waals surface area contributed by atoms with Crippen LogP contribution in [0.15, 0.2) is 24.3 Å². The Bertz CT molecular complexity index is 445. The molecule has 0 bridgehead atoms. The van der Waals surface area contributed by atoms with Crippen molar-refractivity contribution in [1.82, 2.24) is 0 Å². The number of unbranched alkanes of at least 4 members (excludes halogenated alkanes) is 1. The molecule has 0 spiro atoms. The minimum atomic E-state index is -0.652. The number of carbonyl (C=O) groups is 1. The quantitative estimate of drug-likeness (QED) is 0.267. The van der Waals surface area contributed by atoms with Crippen molar-refractivity contribution in [2.75, 3.05) is 0 Å². The summed E-state index contributed by atoms with van der Waals surface area (Å²) in [5.41, 5.74) is 0. The highest BCUT2D eigenvalue weighted by Gasteiger charge is 1.96. The molecule has 26 heavy (non-hydrogen) atoms. The fourth-order valence-corrected chi connectivity index (χ4v) is 1.28. The molecule has 4 heteroatoms. The summed E-state index contributed by atoms with van der Waals surface area (Å²) >= 11 is 0. The summed E-state index contributed by atoms with van der Waals surface area (Å²) in [4.78, 5) is 9.73. The molecule has 0 aromatic heterocycles. The summed E-state index contributed by atoms with van der Waals surface area (Å²) in [6.45, 7) is 7.27. The van der Waals surface area contributed by atoms with Crippen molar-refractivity contribution in [3.05, 3.63) is 24.3 Å². The van der Waals surface area contributed by atoms with Crippen molar-refractivity contribution in [3.63, 3.8) is 0 Å². The third-order valence-corrected chi connectivity index (χ3v) is 2.56. The second kappa shape index (κ2) is 25.4. The number of carbonyl (C=O) groups excluding carboxylic acids is 1. The molecule has 3 unspecified atom stereocenters. The zero-order valence-electron chi connectivity index (χ0n) is 16.7. The number of aliphatic hydroxyl groups is 3. The third-order valence-electron chi connectivity index (χ3n) is 2.56. The van der Waals surface area contributed by atoms with Gasteiger partial charge in [0, 0.05) is 6.42 Å². The molecule has 0 saturated carbocycles. The first-order valence-corrected chi connectivity index (χ1v) is 9.10. The van der Waals surface area contributed by atoms with Gasteiger partial charge in [-0.25, -0.2) is 0 Å². The van der Waals surface area contributed by atoms with Gasteiger partial charge in [0.1, 0.15) is 24.6 Å². The number of aliphatic hydroxyl groups excluding tert-OH is 3. The summed E-state index contributed by atoms with van der Waals surface area (Å²) in [6, 6.07) is 0. The standard InChI is InChI=1S/C11H18O2.C7H12O.C4H6O/c1-3-4-5-6-7-11(13)9-8-10(2)12;1-2-3-4-5-6-7-8;1-3-4(2)5/h4-5,10-13H,3,6-7H2,1-2H3;3-4,7H,2,5-6H2,1H3;1,4-5H,2H3. The summed E-state index contributed by atoms with van der Waals surface area (Å²) in [5, 5.41) is 26.2. The van der Waals surface area contributed by atoms with Crippen molar-refractivity contribution in [3.8, 4) is 24.2 Å². The van der Waals surface area contributed by atoms with Crippen LogP contribution in [0, 0.1) is 24.2 Å². The summed E-state index contributed by atoms with van der Waals surface area (Å²) in [5.74, 6) is 7.18. The van der Waals surface area contributed by atoms with Crippen molar-refractivity contribution in [2.24, 2.45) is 0 Å². The van der Waals surface area contributed by atoms with Crippen LogP contribution in [0.1, 0.15) is 66.2 Å². The van der Waals surface area contributed by atoms with E-state index in [1.165, 1.54) is 0 Å². The Morgan fingerprint density at radius 2 is 1.35 bits per heavy atom. The zero-order chi connectivity index (χ0) is 20.6. The molecule has 3 atom stereocenters. The highest BCUT2D eigenvalue weighted by Crippen LogP contribution is 1.97. The number of allylic oxidation sites excluding steroid dienone is 4. The van der Waals surface area contributed by atoms with Gasteiger partial charge in [0.2, 0.25) is 0 Å². The second-order valence-corrected chi connectivity index (χ2v) is 5.40. The lowest BCUT2D eigenvalue weighted by Gasteiger charge is -1.99. The SMILES string of the molecule is C#CC(C)O.CCC=CCCC(O)C#CC(C)O.CCC=CCCC=O. The fourth-order valence-electron chi connectivity index (χ4n) is 1.28. The molecule has 0 rings (SSSR count). The van der Waals surface area contributed by atoms with Crippen molar-refractivity contribution < 1.29 is 20.1 Å². The second-order valence-electron chi connectivity index (χ2n) is 5.40. The van der Waals surface area contributed by atoms with Gasteiger partial charge >= 0.3 is 0 Å². The largest absolute Gasteiger partial charge is 0.381 e. The van der Waals surface area contributed by atoms with Crippen molar-refractivity contribution in [2.45, 2.75) is 84.5 Å². The molecule has 0 aromatic carbocycles. The third kappa shape index (κ3) is 38.0. The van der Waals surface area contributed by atoms with Gasteiger partial charge in [-0.1, -0.05) is 55.9 Å². The molecule has 0 aromatic rings. The van der Waals surface area contributed by atoms with Gasteiger partial charge in [-0.2, -0.15) is 0 Å². The van der Waals surface area contributed by atoms with E-state index in [0.717, 1.165) is 32.0 Å². The minimum absolute atomic E-state index is 0.588. The van der Waals surface area contributed by atoms with Crippen LogP contribution in [0.5, 0.6) is 0 Å². The van der Waals surface area contributed by atoms with Crippen LogP contribution in [0.25, 0.3) is 0 Å². The first-order valence-electron chi connectivity index (χ1n) is 9.10. The maximum atomic E-state index is 9.73. The van der Waals surface area contributed by atoms with E-state index in [-0.39, 0.29) is 0 Å². The summed E-state index contributed by atoms with van der Waals surface area (Å²) in [7, 11) is 0. The molecule has 0 aliphatic heterocycles. The van der Waals surface area contributed by atoms with E-state index < -0.39 is 18.3 Å². The molecule has 0 amide bonds. The summed E-state index contributed by atoms with van der Waals surface area (Å²) < 4.78 is 0. The normalized spacial score (nSPS) is 13.2. The number of terminal acetylenes is 1. The molecule has 0 saturated heterocycles. The predicted molar refractivity (Wildman–Crippen MR) is 109 cm³/mol. The van der Waals surface area contributed by atoms with Gasteiger partial charge in [-0.3, -0.25) is 0 Å². The highest BCUT2D eigenvalue weighted by molar-refractivity contribution is 5.49. The highest BCUT2D eigenvalue weighted by atomic mass is 16.3. The van der Waals surface area contributed by atoms with E-state index in [2.05, 4.69) is 50.2 Å². The van der Waals surface area contributed by atoms with Crippen LogP contribution in [-0.2, 0) is 4.79 Å². The smallest absolute Gasteiger partial charge is 0.120 e. The van der Waals surface area contributed by atoms with Crippen LogP contribution in [-0.4, -0.2) is 39.9 Å². The van der Waals surface area contributed by atoms with Crippen molar-refractivity contribution >= 4 is 6.29 Å². The Morgan fingerprint density at radius 1 is 0.846 bits per heavy atom. The van der Waals surface area contributed by atoms with Gasteiger partial charge < -0.3 is 20.1 Å². The van der Waals surface area contributed by atoms with Crippen LogP contribution in [0.4, 0.5) is 0 Å². The lowest BCUT2D eigenvalue weighted by molar-refractivity contribution is -0.107. The van der Waals surface area contributed by atoms with E-state index in [1.807, 2.05) is 12.2 Å². The van der Waals surface area contributed by atoms with E-state index in [1.54, 1.807) is 13.8 Å². The molecule has 0 heterocycles. The molecule has 0 aliphatic carbocycles. The monoisotopic (exact) mass is 364 g/mol. The maximum absolute atomic E-state index is 9.73. The molecular weight excluding hydrogens is 328 g/mol. The van der Waals surface area contributed by atoms with Crippen LogP contribution in [0.2, 0.25) is 0 Å². The average molecular weight is 365 g/mol. The zero-order valence-corrected chi connectivity index (χ0v) is 16.7.